The highest BCUT2D eigenvalue weighted by atomic mass is 32.1. The Labute approximate surface area is 168 Å². The van der Waals surface area contributed by atoms with Crippen molar-refractivity contribution in [2.24, 2.45) is 0 Å². The number of hydrogen-bond donors (Lipinski definition) is 0. The Kier molecular flexibility index (Phi) is 5.34. The molecule has 1 atom stereocenters. The molecule has 0 unspecified atom stereocenters. The number of aryl methyl sites for hydroxylation is 2. The maximum Gasteiger partial charge on any atom is 0.265 e. The van der Waals surface area contributed by atoms with Gasteiger partial charge in [-0.05, 0) is 38.8 Å². The van der Waals surface area contributed by atoms with Crippen molar-refractivity contribution < 1.29 is 9.53 Å². The van der Waals surface area contributed by atoms with Gasteiger partial charge < -0.3 is 9.64 Å². The van der Waals surface area contributed by atoms with Crippen LogP contribution in [0.2, 0.25) is 0 Å². The Hall–Kier alpha value is -2.80. The van der Waals surface area contributed by atoms with Crippen molar-refractivity contribution >= 4 is 17.2 Å². The molecule has 0 bridgehead atoms. The third-order valence-electron chi connectivity index (χ3n) is 4.82. The summed E-state index contributed by atoms with van der Waals surface area (Å²) in [5.74, 6) is 1.42. The average molecular weight is 395 g/mol. The van der Waals surface area contributed by atoms with E-state index >= 15 is 0 Å². The SMILES string of the molecule is Cc1nc(C)c(C(=O)N2CCC[C@H](c3cncc(Oc4ccccc4)n3)C2)s1. The minimum absolute atomic E-state index is 0.0671. The van der Waals surface area contributed by atoms with Gasteiger partial charge in [0.05, 0.1) is 22.6 Å². The van der Waals surface area contributed by atoms with Gasteiger partial charge in [0.15, 0.2) is 0 Å². The van der Waals surface area contributed by atoms with Gasteiger partial charge in [-0.15, -0.1) is 11.3 Å². The third-order valence-corrected chi connectivity index (χ3v) is 5.88. The van der Waals surface area contributed by atoms with Crippen LogP contribution in [0.4, 0.5) is 0 Å². The van der Waals surface area contributed by atoms with Crippen molar-refractivity contribution in [3.05, 3.63) is 64.0 Å². The van der Waals surface area contributed by atoms with E-state index in [0.717, 1.165) is 46.4 Å². The van der Waals surface area contributed by atoms with Crippen LogP contribution in [0.25, 0.3) is 0 Å². The summed E-state index contributed by atoms with van der Waals surface area (Å²) in [4.78, 5) is 29.0. The predicted octanol–water partition coefficient (Wildman–Crippen LogP) is 4.36. The van der Waals surface area contributed by atoms with Crippen LogP contribution in [0.1, 0.15) is 44.8 Å². The first kappa shape index (κ1) is 18.6. The molecule has 3 heterocycles. The van der Waals surface area contributed by atoms with Crippen LogP contribution >= 0.6 is 11.3 Å². The van der Waals surface area contributed by atoms with E-state index in [1.807, 2.05) is 49.1 Å². The molecule has 144 valence electrons. The van der Waals surface area contributed by atoms with Gasteiger partial charge in [-0.1, -0.05) is 18.2 Å². The van der Waals surface area contributed by atoms with Crippen LogP contribution in [-0.2, 0) is 0 Å². The van der Waals surface area contributed by atoms with Gasteiger partial charge in [0.1, 0.15) is 10.6 Å². The maximum atomic E-state index is 13.0. The molecule has 7 heteroatoms. The minimum atomic E-state index is 0.0671. The Balaban J connectivity index is 1.49. The molecule has 6 nitrogen and oxygen atoms in total. The van der Waals surface area contributed by atoms with E-state index in [9.17, 15) is 4.79 Å². The van der Waals surface area contributed by atoms with E-state index in [1.54, 1.807) is 12.4 Å². The van der Waals surface area contributed by atoms with Gasteiger partial charge >= 0.3 is 0 Å². The van der Waals surface area contributed by atoms with Crippen molar-refractivity contribution in [3.63, 3.8) is 0 Å². The van der Waals surface area contributed by atoms with Crippen LogP contribution in [0.3, 0.4) is 0 Å². The van der Waals surface area contributed by atoms with Gasteiger partial charge in [-0.3, -0.25) is 9.78 Å². The normalized spacial score (nSPS) is 16.8. The highest BCUT2D eigenvalue weighted by Crippen LogP contribution is 2.29. The summed E-state index contributed by atoms with van der Waals surface area (Å²) in [5, 5.41) is 0.922. The van der Waals surface area contributed by atoms with Crippen LogP contribution in [0, 0.1) is 13.8 Å². The largest absolute Gasteiger partial charge is 0.437 e. The quantitative estimate of drug-likeness (QED) is 0.658. The first-order valence-corrected chi connectivity index (χ1v) is 10.2. The smallest absolute Gasteiger partial charge is 0.265 e. The molecule has 1 aliphatic heterocycles. The number of carbonyl (C=O) groups excluding carboxylic acids is 1. The summed E-state index contributed by atoms with van der Waals surface area (Å²) < 4.78 is 5.81. The molecular formula is C21H22N4O2S. The Morgan fingerprint density at radius 1 is 1.18 bits per heavy atom. The topological polar surface area (TPSA) is 68.2 Å². The van der Waals surface area contributed by atoms with Crippen molar-refractivity contribution in [1.29, 1.82) is 0 Å². The zero-order chi connectivity index (χ0) is 19.5. The van der Waals surface area contributed by atoms with E-state index in [0.29, 0.717) is 12.4 Å². The van der Waals surface area contributed by atoms with Crippen LogP contribution in [0.5, 0.6) is 11.6 Å². The van der Waals surface area contributed by atoms with E-state index < -0.39 is 0 Å². The van der Waals surface area contributed by atoms with Crippen LogP contribution < -0.4 is 4.74 Å². The summed E-state index contributed by atoms with van der Waals surface area (Å²) in [6, 6.07) is 9.54. The maximum absolute atomic E-state index is 13.0. The first-order chi connectivity index (χ1) is 13.6. The number of hydrogen-bond acceptors (Lipinski definition) is 6. The molecule has 0 aliphatic carbocycles. The lowest BCUT2D eigenvalue weighted by atomic mass is 9.95. The number of aromatic nitrogens is 3. The standard InChI is InChI=1S/C21H22N4O2S/c1-14-20(28-15(2)23-14)21(26)25-10-6-7-16(13-25)18-11-22-12-19(24-18)27-17-8-4-3-5-9-17/h3-5,8-9,11-12,16H,6-7,10,13H2,1-2H3/t16-/m0/s1. The molecule has 1 saturated heterocycles. The number of para-hydroxylation sites is 1. The molecule has 0 spiro atoms. The molecule has 1 aromatic carbocycles. The lowest BCUT2D eigenvalue weighted by Gasteiger charge is -2.32. The Morgan fingerprint density at radius 2 is 2.00 bits per heavy atom. The van der Waals surface area contributed by atoms with Crippen LogP contribution in [0.15, 0.2) is 42.7 Å². The summed E-state index contributed by atoms with van der Waals surface area (Å²) in [5.41, 5.74) is 1.68. The monoisotopic (exact) mass is 394 g/mol. The van der Waals surface area contributed by atoms with Gasteiger partial charge in [-0.25, -0.2) is 9.97 Å². The van der Waals surface area contributed by atoms with E-state index in [1.165, 1.54) is 11.3 Å². The van der Waals surface area contributed by atoms with Crippen molar-refractivity contribution in [1.82, 2.24) is 19.9 Å². The number of thiazole rings is 1. The van der Waals surface area contributed by atoms with Gasteiger partial charge in [0.25, 0.3) is 5.91 Å². The number of ether oxygens (including phenoxy) is 1. The number of amides is 1. The Bertz CT molecular complexity index is 974. The number of benzene rings is 1. The molecule has 2 aromatic heterocycles. The number of rotatable bonds is 4. The molecule has 0 radical (unpaired) electrons. The molecule has 1 amide bonds. The molecule has 1 fully saturated rings. The molecular weight excluding hydrogens is 372 g/mol. The van der Waals surface area contributed by atoms with Gasteiger partial charge in [0, 0.05) is 25.2 Å². The lowest BCUT2D eigenvalue weighted by Crippen LogP contribution is -2.39. The van der Waals surface area contributed by atoms with Gasteiger partial charge in [-0.2, -0.15) is 0 Å². The minimum Gasteiger partial charge on any atom is -0.437 e. The second-order valence-electron chi connectivity index (χ2n) is 6.94. The number of carbonyl (C=O) groups is 1. The summed E-state index contributed by atoms with van der Waals surface area (Å²) >= 11 is 1.47. The lowest BCUT2D eigenvalue weighted by molar-refractivity contribution is 0.0709. The molecule has 1 aliphatic rings. The highest BCUT2D eigenvalue weighted by molar-refractivity contribution is 7.13. The molecule has 0 N–H and O–H groups in total. The molecule has 0 saturated carbocycles. The second kappa shape index (κ2) is 8.06. The third kappa shape index (κ3) is 4.04. The average Bonchev–Trinajstić information content (AvgIpc) is 3.06. The zero-order valence-corrected chi connectivity index (χ0v) is 16.8. The highest BCUT2D eigenvalue weighted by Gasteiger charge is 2.28. The summed E-state index contributed by atoms with van der Waals surface area (Å²) in [7, 11) is 0. The summed E-state index contributed by atoms with van der Waals surface area (Å²) in [6.07, 6.45) is 5.32. The number of piperidine rings is 1. The van der Waals surface area contributed by atoms with Crippen molar-refractivity contribution in [2.45, 2.75) is 32.6 Å². The molecule has 28 heavy (non-hydrogen) atoms. The van der Waals surface area contributed by atoms with E-state index in [4.69, 9.17) is 4.74 Å². The molecule has 4 rings (SSSR count). The van der Waals surface area contributed by atoms with E-state index in [-0.39, 0.29) is 11.8 Å². The Morgan fingerprint density at radius 3 is 2.75 bits per heavy atom. The fraction of sp³-hybridized carbons (Fsp3) is 0.333. The first-order valence-electron chi connectivity index (χ1n) is 9.38. The fourth-order valence-corrected chi connectivity index (χ4v) is 4.38. The zero-order valence-electron chi connectivity index (χ0n) is 16.0. The summed E-state index contributed by atoms with van der Waals surface area (Å²) in [6.45, 7) is 5.23. The van der Waals surface area contributed by atoms with Crippen LogP contribution in [-0.4, -0.2) is 38.8 Å². The predicted molar refractivity (Wildman–Crippen MR) is 108 cm³/mol. The molecule has 3 aromatic rings. The van der Waals surface area contributed by atoms with Crippen molar-refractivity contribution in [3.8, 4) is 11.6 Å². The van der Waals surface area contributed by atoms with Crippen molar-refractivity contribution in [2.75, 3.05) is 13.1 Å². The fourth-order valence-electron chi connectivity index (χ4n) is 3.49. The van der Waals surface area contributed by atoms with Gasteiger partial charge in [0.2, 0.25) is 5.88 Å². The van der Waals surface area contributed by atoms with E-state index in [2.05, 4.69) is 15.0 Å². The number of nitrogens with zero attached hydrogens (tertiary/aromatic N) is 4. The second-order valence-corrected chi connectivity index (χ2v) is 8.14. The number of likely N-dealkylation sites (tertiary alicyclic amines) is 1.